The number of hydrogen-bond donors (Lipinski definition) is 3. The summed E-state index contributed by atoms with van der Waals surface area (Å²) in [5.74, 6) is 1.49. The van der Waals surface area contributed by atoms with Crippen molar-refractivity contribution >= 4 is 33.2 Å². The van der Waals surface area contributed by atoms with Gasteiger partial charge in [0.05, 0.1) is 7.11 Å². The van der Waals surface area contributed by atoms with Crippen LogP contribution in [0.15, 0.2) is 59.5 Å². The van der Waals surface area contributed by atoms with Gasteiger partial charge >= 0.3 is 0 Å². The molecule has 2 aromatic carbocycles. The Morgan fingerprint density at radius 3 is 2.38 bits per heavy atom. The van der Waals surface area contributed by atoms with Crippen molar-refractivity contribution in [2.24, 2.45) is 0 Å². The zero-order valence-electron chi connectivity index (χ0n) is 16.4. The molecule has 0 aliphatic rings. The average molecular weight is 414 g/mol. The summed E-state index contributed by atoms with van der Waals surface area (Å²) in [5.41, 5.74) is 2.04. The van der Waals surface area contributed by atoms with Gasteiger partial charge in [-0.1, -0.05) is 12.1 Å². The van der Waals surface area contributed by atoms with Gasteiger partial charge in [-0.25, -0.2) is 13.4 Å². The number of ether oxygens (including phenoxy) is 1. The lowest BCUT2D eigenvalue weighted by molar-refractivity contribution is 0.403. The number of nitrogens with zero attached hydrogens (tertiary/aromatic N) is 2. The minimum Gasteiger partial charge on any atom is -0.495 e. The summed E-state index contributed by atoms with van der Waals surface area (Å²) in [5, 5.41) is 6.28. The van der Waals surface area contributed by atoms with E-state index in [2.05, 4.69) is 25.3 Å². The maximum atomic E-state index is 12.7. The van der Waals surface area contributed by atoms with Gasteiger partial charge in [0.15, 0.2) is 0 Å². The predicted octanol–water partition coefficient (Wildman–Crippen LogP) is 3.77. The van der Waals surface area contributed by atoms with Crippen LogP contribution in [0.25, 0.3) is 0 Å². The number of para-hydroxylation sites is 1. The van der Waals surface area contributed by atoms with Crippen LogP contribution in [0.1, 0.15) is 12.6 Å². The molecular weight excluding hydrogens is 390 g/mol. The molecule has 3 aromatic rings. The van der Waals surface area contributed by atoms with Crippen molar-refractivity contribution in [3.05, 3.63) is 60.3 Å². The molecule has 9 heteroatoms. The van der Waals surface area contributed by atoms with Crippen LogP contribution < -0.4 is 20.1 Å². The molecule has 1 aromatic heterocycles. The molecule has 0 saturated heterocycles. The number of methoxy groups -OCH3 is 1. The normalized spacial score (nSPS) is 11.0. The fraction of sp³-hybridized carbons (Fsp3) is 0.200. The van der Waals surface area contributed by atoms with E-state index in [0.29, 0.717) is 17.5 Å². The summed E-state index contributed by atoms with van der Waals surface area (Å²) in [6, 6.07) is 15.2. The van der Waals surface area contributed by atoms with Crippen molar-refractivity contribution in [3.63, 3.8) is 0 Å². The molecule has 29 heavy (non-hydrogen) atoms. The number of anilines is 4. The minimum absolute atomic E-state index is 0.0807. The maximum absolute atomic E-state index is 12.7. The Bertz CT molecular complexity index is 1090. The van der Waals surface area contributed by atoms with Gasteiger partial charge in [0.1, 0.15) is 16.5 Å². The first-order valence-electron chi connectivity index (χ1n) is 9.04. The quantitative estimate of drug-likeness (QED) is 0.516. The largest absolute Gasteiger partial charge is 0.495 e. The van der Waals surface area contributed by atoms with Gasteiger partial charge in [0.25, 0.3) is 10.0 Å². The maximum Gasteiger partial charge on any atom is 0.265 e. The second-order valence-corrected chi connectivity index (χ2v) is 7.86. The van der Waals surface area contributed by atoms with Crippen LogP contribution in [0.4, 0.5) is 23.1 Å². The van der Waals surface area contributed by atoms with Crippen molar-refractivity contribution in [1.82, 2.24) is 9.97 Å². The molecule has 0 fully saturated rings. The van der Waals surface area contributed by atoms with Gasteiger partial charge in [-0.2, -0.15) is 4.98 Å². The molecule has 152 valence electrons. The predicted molar refractivity (Wildman–Crippen MR) is 114 cm³/mol. The lowest BCUT2D eigenvalue weighted by atomic mass is 10.3. The number of hydrogen-bond acceptors (Lipinski definition) is 7. The van der Waals surface area contributed by atoms with E-state index < -0.39 is 10.0 Å². The Kier molecular flexibility index (Phi) is 6.18. The van der Waals surface area contributed by atoms with Gasteiger partial charge in [0.2, 0.25) is 5.95 Å². The molecule has 1 heterocycles. The van der Waals surface area contributed by atoms with Gasteiger partial charge in [-0.05, 0) is 50.2 Å². The summed E-state index contributed by atoms with van der Waals surface area (Å²) < 4.78 is 33.0. The lowest BCUT2D eigenvalue weighted by Gasteiger charge is -2.12. The zero-order chi connectivity index (χ0) is 20.9. The highest BCUT2D eigenvalue weighted by Crippen LogP contribution is 2.26. The van der Waals surface area contributed by atoms with E-state index in [1.54, 1.807) is 42.5 Å². The fourth-order valence-corrected chi connectivity index (χ4v) is 3.92. The van der Waals surface area contributed by atoms with E-state index in [0.717, 1.165) is 17.9 Å². The highest BCUT2D eigenvalue weighted by molar-refractivity contribution is 7.92. The zero-order valence-corrected chi connectivity index (χ0v) is 17.2. The molecule has 0 aliphatic carbocycles. The van der Waals surface area contributed by atoms with Crippen molar-refractivity contribution in [2.75, 3.05) is 29.0 Å². The minimum atomic E-state index is -3.77. The molecule has 0 bridgehead atoms. The highest BCUT2D eigenvalue weighted by atomic mass is 32.2. The molecule has 0 amide bonds. The number of benzene rings is 2. The van der Waals surface area contributed by atoms with Crippen LogP contribution in [0, 0.1) is 6.92 Å². The van der Waals surface area contributed by atoms with E-state index in [-0.39, 0.29) is 10.6 Å². The summed E-state index contributed by atoms with van der Waals surface area (Å²) in [4.78, 5) is 8.79. The molecule has 0 unspecified atom stereocenters. The number of rotatable bonds is 8. The topological polar surface area (TPSA) is 105 Å². The Morgan fingerprint density at radius 1 is 1.00 bits per heavy atom. The smallest absolute Gasteiger partial charge is 0.265 e. The average Bonchev–Trinajstić information content (AvgIpc) is 2.69. The van der Waals surface area contributed by atoms with Crippen LogP contribution in [-0.2, 0) is 10.0 Å². The summed E-state index contributed by atoms with van der Waals surface area (Å²) in [6.45, 7) is 4.59. The van der Waals surface area contributed by atoms with Crippen LogP contribution >= 0.6 is 0 Å². The third-order valence-corrected chi connectivity index (χ3v) is 5.38. The number of aryl methyl sites for hydroxylation is 1. The Labute approximate surface area is 170 Å². The molecule has 3 rings (SSSR count). The van der Waals surface area contributed by atoms with Crippen molar-refractivity contribution in [2.45, 2.75) is 18.7 Å². The van der Waals surface area contributed by atoms with Crippen LogP contribution in [0.3, 0.4) is 0 Å². The van der Waals surface area contributed by atoms with E-state index >= 15 is 0 Å². The van der Waals surface area contributed by atoms with Crippen LogP contribution in [0.5, 0.6) is 5.75 Å². The van der Waals surface area contributed by atoms with Gasteiger partial charge in [-0.15, -0.1) is 0 Å². The van der Waals surface area contributed by atoms with Gasteiger partial charge in [-0.3, -0.25) is 4.72 Å². The highest BCUT2D eigenvalue weighted by Gasteiger charge is 2.19. The second kappa shape index (κ2) is 8.78. The van der Waals surface area contributed by atoms with E-state index in [4.69, 9.17) is 4.74 Å². The lowest BCUT2D eigenvalue weighted by Crippen LogP contribution is -2.14. The number of aromatic nitrogens is 2. The van der Waals surface area contributed by atoms with Gasteiger partial charge < -0.3 is 15.4 Å². The third kappa shape index (κ3) is 5.14. The monoisotopic (exact) mass is 413 g/mol. The fourth-order valence-electron chi connectivity index (χ4n) is 2.69. The third-order valence-electron chi connectivity index (χ3n) is 3.96. The van der Waals surface area contributed by atoms with E-state index in [1.165, 1.54) is 13.2 Å². The van der Waals surface area contributed by atoms with E-state index in [9.17, 15) is 8.42 Å². The van der Waals surface area contributed by atoms with Crippen molar-refractivity contribution < 1.29 is 13.2 Å². The summed E-state index contributed by atoms with van der Waals surface area (Å²) >= 11 is 0. The second-order valence-electron chi connectivity index (χ2n) is 6.21. The molecule has 0 aliphatic heterocycles. The standard InChI is InChI=1S/C20H23N5O3S/c1-4-21-20-22-14(2)13-19(24-20)23-15-9-11-16(12-10-15)25-29(26,27)18-8-6-5-7-17(18)28-3/h5-13,25H,4H2,1-3H3,(H2,21,22,23,24). The Hall–Kier alpha value is -3.33. The first kappa shape index (κ1) is 20.4. The van der Waals surface area contributed by atoms with Crippen LogP contribution in [0.2, 0.25) is 0 Å². The first-order chi connectivity index (χ1) is 13.9. The number of sulfonamides is 1. The summed E-state index contributed by atoms with van der Waals surface area (Å²) in [7, 11) is -2.33. The first-order valence-corrected chi connectivity index (χ1v) is 10.5. The SMILES string of the molecule is CCNc1nc(C)cc(Nc2ccc(NS(=O)(=O)c3ccccc3OC)cc2)n1. The van der Waals surface area contributed by atoms with Crippen molar-refractivity contribution in [1.29, 1.82) is 0 Å². The molecule has 0 atom stereocenters. The molecule has 3 N–H and O–H groups in total. The van der Waals surface area contributed by atoms with E-state index in [1.807, 2.05) is 19.9 Å². The molecule has 0 radical (unpaired) electrons. The molecule has 0 spiro atoms. The summed E-state index contributed by atoms with van der Waals surface area (Å²) in [6.07, 6.45) is 0. The molecular formula is C20H23N5O3S. The number of nitrogens with one attached hydrogen (secondary N) is 3. The Balaban J connectivity index is 1.75. The van der Waals surface area contributed by atoms with Crippen LogP contribution in [-0.4, -0.2) is 32.0 Å². The molecule has 8 nitrogen and oxygen atoms in total. The van der Waals surface area contributed by atoms with Gasteiger partial charge in [0, 0.05) is 29.7 Å². The Morgan fingerprint density at radius 2 is 1.69 bits per heavy atom. The van der Waals surface area contributed by atoms with Crippen molar-refractivity contribution in [3.8, 4) is 5.75 Å². The molecule has 0 saturated carbocycles.